The highest BCUT2D eigenvalue weighted by molar-refractivity contribution is 7.09. The van der Waals surface area contributed by atoms with E-state index in [0.717, 1.165) is 4.88 Å². The van der Waals surface area contributed by atoms with Crippen molar-refractivity contribution in [3.05, 3.63) is 56.2 Å². The quantitative estimate of drug-likeness (QED) is 0.776. The van der Waals surface area contributed by atoms with Crippen molar-refractivity contribution in [2.24, 2.45) is 0 Å². The maximum absolute atomic E-state index is 11.6. The summed E-state index contributed by atoms with van der Waals surface area (Å²) in [6.07, 6.45) is -0.887. The Balaban J connectivity index is 1.80. The van der Waals surface area contributed by atoms with Crippen LogP contribution in [0.15, 0.2) is 35.7 Å². The molecule has 21 heavy (non-hydrogen) atoms. The van der Waals surface area contributed by atoms with E-state index in [-0.39, 0.29) is 12.6 Å². The second-order valence-corrected chi connectivity index (χ2v) is 6.20. The van der Waals surface area contributed by atoms with Crippen LogP contribution in [0, 0.1) is 0 Å². The lowest BCUT2D eigenvalue weighted by Gasteiger charge is -2.14. The minimum Gasteiger partial charge on any atom is -0.387 e. The lowest BCUT2D eigenvalue weighted by atomic mass is 10.1. The van der Waals surface area contributed by atoms with Gasteiger partial charge in [0.05, 0.1) is 12.6 Å². The van der Waals surface area contributed by atoms with Crippen molar-refractivity contribution < 1.29 is 9.90 Å². The summed E-state index contributed by atoms with van der Waals surface area (Å²) < 4.78 is 0. The maximum atomic E-state index is 11.6. The first-order chi connectivity index (χ1) is 10.1. The molecule has 0 aliphatic carbocycles. The van der Waals surface area contributed by atoms with Gasteiger partial charge in [-0.25, -0.2) is 4.79 Å². The molecule has 0 radical (unpaired) electrons. The average Bonchev–Trinajstić information content (AvgIpc) is 2.95. The van der Waals surface area contributed by atoms with Crippen molar-refractivity contribution in [1.82, 2.24) is 10.6 Å². The molecular formula is C14H14Cl2N2O2S. The topological polar surface area (TPSA) is 61.4 Å². The number of carbonyl (C=O) groups excluding carboxylic acids is 1. The summed E-state index contributed by atoms with van der Waals surface area (Å²) in [5.41, 5.74) is 0.527. The third-order valence-corrected chi connectivity index (χ3v) is 4.22. The van der Waals surface area contributed by atoms with Crippen molar-refractivity contribution in [2.75, 3.05) is 6.54 Å². The predicted octanol–water partition coefficient (Wildman–Crippen LogP) is 3.59. The lowest BCUT2D eigenvalue weighted by Crippen LogP contribution is -2.37. The molecule has 1 atom stereocenters. The van der Waals surface area contributed by atoms with Crippen LogP contribution in [0.25, 0.3) is 0 Å². The van der Waals surface area contributed by atoms with Crippen molar-refractivity contribution >= 4 is 40.6 Å². The second-order valence-electron chi connectivity index (χ2n) is 4.32. The van der Waals surface area contributed by atoms with Crippen LogP contribution in [0.3, 0.4) is 0 Å². The van der Waals surface area contributed by atoms with Gasteiger partial charge >= 0.3 is 6.03 Å². The molecule has 3 N–H and O–H groups in total. The van der Waals surface area contributed by atoms with Gasteiger partial charge in [-0.05, 0) is 23.6 Å². The highest BCUT2D eigenvalue weighted by Crippen LogP contribution is 2.25. The summed E-state index contributed by atoms with van der Waals surface area (Å²) in [5, 5.41) is 18.1. The van der Waals surface area contributed by atoms with Crippen molar-refractivity contribution in [1.29, 1.82) is 0 Å². The largest absolute Gasteiger partial charge is 0.387 e. The van der Waals surface area contributed by atoms with Gasteiger partial charge in [-0.15, -0.1) is 11.3 Å². The van der Waals surface area contributed by atoms with Crippen molar-refractivity contribution in [3.63, 3.8) is 0 Å². The molecule has 0 fully saturated rings. The van der Waals surface area contributed by atoms with E-state index in [9.17, 15) is 9.90 Å². The van der Waals surface area contributed by atoms with Crippen LogP contribution in [0.4, 0.5) is 4.79 Å². The fourth-order valence-corrected chi connectivity index (χ4v) is 2.89. The first-order valence-corrected chi connectivity index (χ1v) is 7.87. The number of halogens is 2. The number of urea groups is 1. The SMILES string of the molecule is O=C(NCc1cccs1)NCC(O)c1ccc(Cl)cc1Cl. The third kappa shape index (κ3) is 4.89. The summed E-state index contributed by atoms with van der Waals surface area (Å²) in [5.74, 6) is 0. The smallest absolute Gasteiger partial charge is 0.315 e. The molecule has 2 rings (SSSR count). The summed E-state index contributed by atoms with van der Waals surface area (Å²) in [6, 6.07) is 8.36. The van der Waals surface area contributed by atoms with E-state index in [0.29, 0.717) is 22.2 Å². The number of rotatable bonds is 5. The summed E-state index contributed by atoms with van der Waals surface area (Å²) in [7, 11) is 0. The number of hydrogen-bond acceptors (Lipinski definition) is 3. The Bertz CT molecular complexity index is 605. The van der Waals surface area contributed by atoms with Gasteiger partial charge in [0.15, 0.2) is 0 Å². The van der Waals surface area contributed by atoms with E-state index in [2.05, 4.69) is 10.6 Å². The summed E-state index contributed by atoms with van der Waals surface area (Å²) in [4.78, 5) is 12.7. The van der Waals surface area contributed by atoms with Gasteiger partial charge in [-0.1, -0.05) is 35.3 Å². The minimum atomic E-state index is -0.887. The molecule has 0 saturated heterocycles. The molecule has 1 aromatic carbocycles. The van der Waals surface area contributed by atoms with Gasteiger partial charge in [0.2, 0.25) is 0 Å². The molecular weight excluding hydrogens is 331 g/mol. The third-order valence-electron chi connectivity index (χ3n) is 2.78. The first kappa shape index (κ1) is 16.1. The van der Waals surface area contributed by atoms with E-state index in [1.807, 2.05) is 17.5 Å². The lowest BCUT2D eigenvalue weighted by molar-refractivity contribution is 0.173. The molecule has 2 aromatic rings. The molecule has 0 aliphatic rings. The van der Waals surface area contributed by atoms with Crippen LogP contribution in [-0.2, 0) is 6.54 Å². The summed E-state index contributed by atoms with van der Waals surface area (Å²) >= 11 is 13.4. The Morgan fingerprint density at radius 2 is 2.10 bits per heavy atom. The Kier molecular flexibility index (Phi) is 5.87. The molecule has 1 heterocycles. The molecule has 1 unspecified atom stereocenters. The first-order valence-electron chi connectivity index (χ1n) is 6.23. The van der Waals surface area contributed by atoms with Crippen LogP contribution in [0.1, 0.15) is 16.5 Å². The number of nitrogens with one attached hydrogen (secondary N) is 2. The fourth-order valence-electron chi connectivity index (χ4n) is 1.71. The number of aliphatic hydroxyl groups excluding tert-OH is 1. The van der Waals surface area contributed by atoms with E-state index in [1.54, 1.807) is 29.5 Å². The zero-order chi connectivity index (χ0) is 15.2. The van der Waals surface area contributed by atoms with Gasteiger partial charge in [0, 0.05) is 27.0 Å². The molecule has 0 aliphatic heterocycles. The van der Waals surface area contributed by atoms with Crippen LogP contribution in [-0.4, -0.2) is 17.7 Å². The number of thiophene rings is 1. The molecule has 112 valence electrons. The Morgan fingerprint density at radius 3 is 2.76 bits per heavy atom. The van der Waals surface area contributed by atoms with E-state index in [1.165, 1.54) is 0 Å². The fraction of sp³-hybridized carbons (Fsp3) is 0.214. The molecule has 4 nitrogen and oxygen atoms in total. The number of amides is 2. The van der Waals surface area contributed by atoms with Gasteiger partial charge < -0.3 is 15.7 Å². The molecule has 0 spiro atoms. The Hall–Kier alpha value is -1.27. The van der Waals surface area contributed by atoms with Gasteiger partial charge in [0.1, 0.15) is 0 Å². The molecule has 7 heteroatoms. The number of benzene rings is 1. The molecule has 2 amide bonds. The maximum Gasteiger partial charge on any atom is 0.315 e. The van der Waals surface area contributed by atoms with Crippen LogP contribution in [0.5, 0.6) is 0 Å². The average molecular weight is 345 g/mol. The zero-order valence-corrected chi connectivity index (χ0v) is 13.3. The van der Waals surface area contributed by atoms with Crippen LogP contribution in [0.2, 0.25) is 10.0 Å². The minimum absolute atomic E-state index is 0.0671. The van der Waals surface area contributed by atoms with Gasteiger partial charge in [0.25, 0.3) is 0 Å². The molecule has 0 saturated carbocycles. The second kappa shape index (κ2) is 7.66. The number of carbonyl (C=O) groups is 1. The summed E-state index contributed by atoms with van der Waals surface area (Å²) in [6.45, 7) is 0.527. The Labute approximate surface area is 136 Å². The van der Waals surface area contributed by atoms with Gasteiger partial charge in [-0.2, -0.15) is 0 Å². The zero-order valence-electron chi connectivity index (χ0n) is 11.0. The van der Waals surface area contributed by atoms with E-state index < -0.39 is 6.10 Å². The highest BCUT2D eigenvalue weighted by Gasteiger charge is 2.13. The number of hydrogen-bond donors (Lipinski definition) is 3. The molecule has 1 aromatic heterocycles. The van der Waals surface area contributed by atoms with Crippen LogP contribution < -0.4 is 10.6 Å². The Morgan fingerprint density at radius 1 is 1.29 bits per heavy atom. The van der Waals surface area contributed by atoms with Crippen molar-refractivity contribution in [2.45, 2.75) is 12.6 Å². The highest BCUT2D eigenvalue weighted by atomic mass is 35.5. The standard InChI is InChI=1S/C14H14Cl2N2O2S/c15-9-3-4-11(12(16)6-9)13(19)8-18-14(20)17-7-10-2-1-5-21-10/h1-6,13,19H,7-8H2,(H2,17,18,20). The van der Waals surface area contributed by atoms with Gasteiger partial charge in [-0.3, -0.25) is 0 Å². The predicted molar refractivity (Wildman–Crippen MR) is 86.0 cm³/mol. The monoisotopic (exact) mass is 344 g/mol. The number of aliphatic hydroxyl groups is 1. The van der Waals surface area contributed by atoms with E-state index >= 15 is 0 Å². The van der Waals surface area contributed by atoms with Crippen molar-refractivity contribution in [3.8, 4) is 0 Å². The van der Waals surface area contributed by atoms with E-state index in [4.69, 9.17) is 23.2 Å². The van der Waals surface area contributed by atoms with Crippen LogP contribution >= 0.6 is 34.5 Å². The normalized spacial score (nSPS) is 12.0. The molecule has 0 bridgehead atoms.